The van der Waals surface area contributed by atoms with Gasteiger partial charge in [-0.15, -0.1) is 0 Å². The lowest BCUT2D eigenvalue weighted by Gasteiger charge is -2.26. The van der Waals surface area contributed by atoms with Crippen molar-refractivity contribution in [2.45, 2.75) is 84.2 Å². The van der Waals surface area contributed by atoms with Crippen LogP contribution in [0, 0.1) is 0 Å². The van der Waals surface area contributed by atoms with Crippen molar-refractivity contribution in [2.75, 3.05) is 7.11 Å². The third-order valence-electron chi connectivity index (χ3n) is 3.55. The smallest absolute Gasteiger partial charge is 0.0648 e. The maximum absolute atomic E-state index is 5.53. The van der Waals surface area contributed by atoms with Crippen molar-refractivity contribution >= 4 is 0 Å². The summed E-state index contributed by atoms with van der Waals surface area (Å²) in [6, 6.07) is 0. The van der Waals surface area contributed by atoms with Gasteiger partial charge in [0.1, 0.15) is 0 Å². The molecule has 1 heteroatoms. The Kier molecular flexibility index (Phi) is 9.18. The molecule has 0 aliphatic heterocycles. The van der Waals surface area contributed by atoms with E-state index in [-0.39, 0.29) is 5.60 Å². The van der Waals surface area contributed by atoms with Crippen LogP contribution >= 0.6 is 0 Å². The standard InChI is InChI=1S/C14H30O/c1-5-7-8-9-10-11-12-13-14(3,6-2)15-4/h5-13H2,1-4H3. The van der Waals surface area contributed by atoms with Gasteiger partial charge in [0.25, 0.3) is 0 Å². The van der Waals surface area contributed by atoms with Gasteiger partial charge in [0.05, 0.1) is 5.60 Å². The number of unbranched alkanes of at least 4 members (excludes halogenated alkanes) is 6. The maximum atomic E-state index is 5.53. The molecule has 0 aromatic heterocycles. The SMILES string of the molecule is CCCCCCCCCC(C)(CC)OC. The summed E-state index contributed by atoms with van der Waals surface area (Å²) in [6.07, 6.45) is 12.0. The third kappa shape index (κ3) is 7.84. The van der Waals surface area contributed by atoms with Crippen LogP contribution in [0.15, 0.2) is 0 Å². The molecule has 0 aliphatic carbocycles. The van der Waals surface area contributed by atoms with E-state index >= 15 is 0 Å². The quantitative estimate of drug-likeness (QED) is 0.468. The van der Waals surface area contributed by atoms with E-state index in [0.717, 1.165) is 6.42 Å². The molecule has 0 amide bonds. The van der Waals surface area contributed by atoms with Crippen LogP contribution in [0.5, 0.6) is 0 Å². The predicted octanol–water partition coefficient (Wildman–Crippen LogP) is 4.94. The summed E-state index contributed by atoms with van der Waals surface area (Å²) < 4.78 is 5.53. The summed E-state index contributed by atoms with van der Waals surface area (Å²) in [4.78, 5) is 0. The first kappa shape index (κ1) is 15.0. The van der Waals surface area contributed by atoms with Crippen molar-refractivity contribution in [1.82, 2.24) is 0 Å². The van der Waals surface area contributed by atoms with Gasteiger partial charge < -0.3 is 4.74 Å². The highest BCUT2D eigenvalue weighted by atomic mass is 16.5. The molecule has 0 aromatic carbocycles. The monoisotopic (exact) mass is 214 g/mol. The van der Waals surface area contributed by atoms with Gasteiger partial charge in [-0.25, -0.2) is 0 Å². The molecule has 0 fully saturated rings. The molecule has 0 saturated heterocycles. The Morgan fingerprint density at radius 1 is 0.867 bits per heavy atom. The molecular formula is C14H30O. The van der Waals surface area contributed by atoms with E-state index in [1.54, 1.807) is 0 Å². The van der Waals surface area contributed by atoms with Crippen molar-refractivity contribution in [1.29, 1.82) is 0 Å². The molecule has 1 nitrogen and oxygen atoms in total. The maximum Gasteiger partial charge on any atom is 0.0648 e. The van der Waals surface area contributed by atoms with Gasteiger partial charge in [0.2, 0.25) is 0 Å². The fraction of sp³-hybridized carbons (Fsp3) is 1.00. The second-order valence-electron chi connectivity index (χ2n) is 4.88. The van der Waals surface area contributed by atoms with Crippen LogP contribution in [-0.4, -0.2) is 12.7 Å². The van der Waals surface area contributed by atoms with E-state index in [1.807, 2.05) is 7.11 Å². The molecule has 0 aliphatic rings. The summed E-state index contributed by atoms with van der Waals surface area (Å²) in [5.41, 5.74) is 0.128. The Morgan fingerprint density at radius 3 is 1.87 bits per heavy atom. The van der Waals surface area contributed by atoms with Gasteiger partial charge in [-0.2, -0.15) is 0 Å². The zero-order valence-corrected chi connectivity index (χ0v) is 11.3. The van der Waals surface area contributed by atoms with Crippen molar-refractivity contribution in [3.05, 3.63) is 0 Å². The molecule has 15 heavy (non-hydrogen) atoms. The van der Waals surface area contributed by atoms with Crippen molar-refractivity contribution < 1.29 is 4.74 Å². The summed E-state index contributed by atoms with van der Waals surface area (Å²) in [7, 11) is 1.84. The minimum absolute atomic E-state index is 0.128. The lowest BCUT2D eigenvalue weighted by atomic mass is 9.95. The van der Waals surface area contributed by atoms with Crippen LogP contribution in [0.2, 0.25) is 0 Å². The average Bonchev–Trinajstić information content (AvgIpc) is 2.27. The molecule has 0 bridgehead atoms. The topological polar surface area (TPSA) is 9.23 Å². The lowest BCUT2D eigenvalue weighted by Crippen LogP contribution is -2.25. The van der Waals surface area contributed by atoms with Crippen molar-refractivity contribution in [2.24, 2.45) is 0 Å². The molecule has 1 unspecified atom stereocenters. The molecule has 0 heterocycles. The van der Waals surface area contributed by atoms with E-state index in [4.69, 9.17) is 4.74 Å². The van der Waals surface area contributed by atoms with E-state index in [2.05, 4.69) is 20.8 Å². The molecule has 92 valence electrons. The fourth-order valence-electron chi connectivity index (χ4n) is 1.88. The minimum Gasteiger partial charge on any atom is -0.379 e. The van der Waals surface area contributed by atoms with Crippen LogP contribution in [0.3, 0.4) is 0 Å². The highest BCUT2D eigenvalue weighted by Gasteiger charge is 2.19. The Labute approximate surface area is 96.6 Å². The minimum atomic E-state index is 0.128. The Balaban J connectivity index is 3.29. The Morgan fingerprint density at radius 2 is 1.40 bits per heavy atom. The first-order valence-electron chi connectivity index (χ1n) is 6.73. The first-order chi connectivity index (χ1) is 7.18. The number of hydrogen-bond donors (Lipinski definition) is 0. The lowest BCUT2D eigenvalue weighted by molar-refractivity contribution is -0.00619. The Hall–Kier alpha value is -0.0400. The number of hydrogen-bond acceptors (Lipinski definition) is 1. The van der Waals surface area contributed by atoms with Crippen LogP contribution in [-0.2, 0) is 4.74 Å². The van der Waals surface area contributed by atoms with Gasteiger partial charge in [0.15, 0.2) is 0 Å². The van der Waals surface area contributed by atoms with Crippen molar-refractivity contribution in [3.63, 3.8) is 0 Å². The summed E-state index contributed by atoms with van der Waals surface area (Å²) >= 11 is 0. The number of methoxy groups -OCH3 is 1. The molecule has 0 radical (unpaired) electrons. The largest absolute Gasteiger partial charge is 0.379 e. The molecule has 0 rings (SSSR count). The Bertz CT molecular complexity index is 127. The highest BCUT2D eigenvalue weighted by Crippen LogP contribution is 2.22. The van der Waals surface area contributed by atoms with Gasteiger partial charge in [-0.05, 0) is 19.8 Å². The van der Waals surface area contributed by atoms with Gasteiger partial charge >= 0.3 is 0 Å². The summed E-state index contributed by atoms with van der Waals surface area (Å²) in [5.74, 6) is 0. The van der Waals surface area contributed by atoms with Crippen molar-refractivity contribution in [3.8, 4) is 0 Å². The number of rotatable bonds is 10. The number of ether oxygens (including phenoxy) is 1. The third-order valence-corrected chi connectivity index (χ3v) is 3.55. The van der Waals surface area contributed by atoms with Crippen LogP contribution in [0.1, 0.15) is 78.6 Å². The van der Waals surface area contributed by atoms with Crippen LogP contribution in [0.25, 0.3) is 0 Å². The zero-order chi connectivity index (χ0) is 11.6. The molecule has 0 N–H and O–H groups in total. The zero-order valence-electron chi connectivity index (χ0n) is 11.3. The summed E-state index contributed by atoms with van der Waals surface area (Å²) in [5, 5.41) is 0. The van der Waals surface area contributed by atoms with Gasteiger partial charge in [0, 0.05) is 7.11 Å². The second kappa shape index (κ2) is 9.21. The van der Waals surface area contributed by atoms with E-state index in [0.29, 0.717) is 0 Å². The van der Waals surface area contributed by atoms with E-state index in [1.165, 1.54) is 51.4 Å². The van der Waals surface area contributed by atoms with Crippen LogP contribution in [0.4, 0.5) is 0 Å². The van der Waals surface area contributed by atoms with E-state index in [9.17, 15) is 0 Å². The normalized spacial score (nSPS) is 15.2. The molecular weight excluding hydrogens is 184 g/mol. The molecule has 0 aromatic rings. The first-order valence-corrected chi connectivity index (χ1v) is 6.73. The molecule has 0 saturated carbocycles. The summed E-state index contributed by atoms with van der Waals surface area (Å²) in [6.45, 7) is 6.71. The second-order valence-corrected chi connectivity index (χ2v) is 4.88. The highest BCUT2D eigenvalue weighted by molar-refractivity contribution is 4.72. The molecule has 1 atom stereocenters. The van der Waals surface area contributed by atoms with E-state index < -0.39 is 0 Å². The van der Waals surface area contributed by atoms with Crippen LogP contribution < -0.4 is 0 Å². The van der Waals surface area contributed by atoms with Gasteiger partial charge in [-0.1, -0.05) is 58.8 Å². The predicted molar refractivity (Wildman–Crippen MR) is 68.3 cm³/mol. The molecule has 0 spiro atoms. The van der Waals surface area contributed by atoms with Gasteiger partial charge in [-0.3, -0.25) is 0 Å². The average molecular weight is 214 g/mol. The fourth-order valence-corrected chi connectivity index (χ4v) is 1.88.